The maximum absolute atomic E-state index is 13.2. The molecule has 0 radical (unpaired) electrons. The van der Waals surface area contributed by atoms with Crippen LogP contribution in [0.25, 0.3) is 6.08 Å². The van der Waals surface area contributed by atoms with Gasteiger partial charge in [-0.1, -0.05) is 18.2 Å². The molecule has 2 aromatic carbocycles. The molecule has 0 unspecified atom stereocenters. The highest BCUT2D eigenvalue weighted by Gasteiger charge is 2.65. The number of halogens is 7. The molecule has 1 heterocycles. The van der Waals surface area contributed by atoms with E-state index in [0.717, 1.165) is 36.4 Å². The summed E-state index contributed by atoms with van der Waals surface area (Å²) in [4.78, 5) is 12.2. The van der Waals surface area contributed by atoms with Gasteiger partial charge in [-0.05, 0) is 42.0 Å². The molecule has 4 nitrogen and oxygen atoms in total. The first-order valence-electron chi connectivity index (χ1n) is 7.72. The minimum Gasteiger partial charge on any atom is -0.421 e. The topological polar surface area (TPSA) is 44.8 Å². The van der Waals surface area contributed by atoms with Crippen molar-refractivity contribution in [2.75, 3.05) is 0 Å². The third-order valence-corrected chi connectivity index (χ3v) is 3.58. The van der Waals surface area contributed by atoms with Crippen molar-refractivity contribution in [2.24, 2.45) is 0 Å². The summed E-state index contributed by atoms with van der Waals surface area (Å²) in [5.74, 6) is -2.56. The summed E-state index contributed by atoms with van der Waals surface area (Å²) in [5, 5.41) is 0. The van der Waals surface area contributed by atoms with E-state index in [1.54, 1.807) is 0 Å². The number of benzene rings is 2. The van der Waals surface area contributed by atoms with Gasteiger partial charge in [0, 0.05) is 5.56 Å². The van der Waals surface area contributed by atoms with Crippen LogP contribution < -0.4 is 14.2 Å². The standard InChI is InChI=1S/C18H9F7O4/c19-16(20)17(21,22)29-15-9-11(4-8-14(15)28-16)13(26)7-3-10-1-5-12(6-2-10)27-18(23,24)25/h1-9H. The van der Waals surface area contributed by atoms with Crippen molar-refractivity contribution in [3.8, 4) is 17.2 Å². The number of allylic oxidation sites excluding steroid dienone is 1. The predicted octanol–water partition coefficient (Wildman–Crippen LogP) is 5.44. The van der Waals surface area contributed by atoms with Crippen molar-refractivity contribution >= 4 is 11.9 Å². The molecule has 3 rings (SSSR count). The van der Waals surface area contributed by atoms with Crippen LogP contribution in [-0.4, -0.2) is 24.4 Å². The molecule has 0 fully saturated rings. The first-order chi connectivity index (χ1) is 13.4. The van der Waals surface area contributed by atoms with Crippen molar-refractivity contribution in [1.82, 2.24) is 0 Å². The number of carbonyl (C=O) groups is 1. The quantitative estimate of drug-likeness (QED) is 0.374. The number of carbonyl (C=O) groups excluding carboxylic acids is 1. The second-order valence-corrected chi connectivity index (χ2v) is 5.71. The van der Waals surface area contributed by atoms with Gasteiger partial charge >= 0.3 is 18.6 Å². The molecule has 154 valence electrons. The first kappa shape index (κ1) is 20.5. The molecule has 1 aliphatic heterocycles. The molecule has 0 N–H and O–H groups in total. The highest BCUT2D eigenvalue weighted by molar-refractivity contribution is 6.07. The third-order valence-electron chi connectivity index (χ3n) is 3.58. The predicted molar refractivity (Wildman–Crippen MR) is 84.1 cm³/mol. The van der Waals surface area contributed by atoms with Crippen molar-refractivity contribution in [1.29, 1.82) is 0 Å². The summed E-state index contributed by atoms with van der Waals surface area (Å²) in [7, 11) is 0. The van der Waals surface area contributed by atoms with Crippen LogP contribution in [0.4, 0.5) is 30.7 Å². The summed E-state index contributed by atoms with van der Waals surface area (Å²) in [6.45, 7) is 0. The average Bonchev–Trinajstić information content (AvgIpc) is 2.59. The number of ether oxygens (including phenoxy) is 3. The van der Waals surface area contributed by atoms with Gasteiger partial charge in [0.25, 0.3) is 0 Å². The fraction of sp³-hybridized carbons (Fsp3) is 0.167. The molecule has 0 saturated heterocycles. The third kappa shape index (κ3) is 4.61. The van der Waals surface area contributed by atoms with Crippen LogP contribution in [0, 0.1) is 0 Å². The average molecular weight is 422 g/mol. The van der Waals surface area contributed by atoms with E-state index < -0.39 is 41.6 Å². The highest BCUT2D eigenvalue weighted by atomic mass is 19.4. The summed E-state index contributed by atoms with van der Waals surface area (Å²) >= 11 is 0. The fourth-order valence-corrected chi connectivity index (χ4v) is 2.27. The van der Waals surface area contributed by atoms with E-state index in [4.69, 9.17) is 0 Å². The second-order valence-electron chi connectivity index (χ2n) is 5.71. The molecule has 1 aliphatic rings. The summed E-state index contributed by atoms with van der Waals surface area (Å²) in [6.07, 6.45) is -12.4. The van der Waals surface area contributed by atoms with Crippen LogP contribution in [0.3, 0.4) is 0 Å². The van der Waals surface area contributed by atoms with E-state index in [1.807, 2.05) is 0 Å². The fourth-order valence-electron chi connectivity index (χ4n) is 2.27. The van der Waals surface area contributed by atoms with E-state index in [1.165, 1.54) is 18.2 Å². The Bertz CT molecular complexity index is 950. The molecule has 0 bridgehead atoms. The smallest absolute Gasteiger partial charge is 0.421 e. The van der Waals surface area contributed by atoms with Gasteiger partial charge in [-0.2, -0.15) is 17.6 Å². The molecule has 0 spiro atoms. The van der Waals surface area contributed by atoms with Gasteiger partial charge in [-0.3, -0.25) is 4.79 Å². The molecule has 11 heteroatoms. The summed E-state index contributed by atoms with van der Waals surface area (Å²) in [6, 6.07) is 7.31. The maximum Gasteiger partial charge on any atom is 0.573 e. The number of hydrogen-bond acceptors (Lipinski definition) is 4. The van der Waals surface area contributed by atoms with Crippen molar-refractivity contribution in [3.63, 3.8) is 0 Å². The Balaban J connectivity index is 1.73. The van der Waals surface area contributed by atoms with Crippen molar-refractivity contribution in [2.45, 2.75) is 18.6 Å². The maximum atomic E-state index is 13.2. The Morgan fingerprint density at radius 2 is 1.48 bits per heavy atom. The highest BCUT2D eigenvalue weighted by Crippen LogP contribution is 2.47. The van der Waals surface area contributed by atoms with Crippen LogP contribution in [0.5, 0.6) is 17.2 Å². The molecular weight excluding hydrogens is 413 g/mol. The lowest BCUT2D eigenvalue weighted by atomic mass is 10.1. The van der Waals surface area contributed by atoms with Gasteiger partial charge in [0.05, 0.1) is 0 Å². The molecule has 2 aromatic rings. The van der Waals surface area contributed by atoms with E-state index in [9.17, 15) is 35.5 Å². The first-order valence-corrected chi connectivity index (χ1v) is 7.72. The van der Waals surface area contributed by atoms with Gasteiger partial charge in [0.2, 0.25) is 0 Å². The summed E-state index contributed by atoms with van der Waals surface area (Å²) < 4.78 is 101. The van der Waals surface area contributed by atoms with Crippen LogP contribution in [-0.2, 0) is 0 Å². The Kier molecular flexibility index (Phi) is 4.93. The van der Waals surface area contributed by atoms with Crippen LogP contribution in [0.2, 0.25) is 0 Å². The zero-order valence-corrected chi connectivity index (χ0v) is 14.0. The Morgan fingerprint density at radius 1 is 0.897 bits per heavy atom. The largest absolute Gasteiger partial charge is 0.573 e. The van der Waals surface area contributed by atoms with Crippen molar-refractivity contribution in [3.05, 3.63) is 59.7 Å². The number of fused-ring (bicyclic) bond motifs is 1. The molecule has 0 atom stereocenters. The van der Waals surface area contributed by atoms with Gasteiger partial charge in [0.1, 0.15) is 5.75 Å². The number of ketones is 1. The van der Waals surface area contributed by atoms with E-state index in [2.05, 4.69) is 14.2 Å². The van der Waals surface area contributed by atoms with Crippen LogP contribution in [0.15, 0.2) is 48.5 Å². The number of hydrogen-bond donors (Lipinski definition) is 0. The monoisotopic (exact) mass is 422 g/mol. The number of rotatable bonds is 4. The van der Waals surface area contributed by atoms with Crippen molar-refractivity contribution < 1.29 is 49.7 Å². The minimum absolute atomic E-state index is 0.165. The van der Waals surface area contributed by atoms with Gasteiger partial charge in [0.15, 0.2) is 17.3 Å². The molecule has 0 aromatic heterocycles. The molecule has 29 heavy (non-hydrogen) atoms. The lowest BCUT2D eigenvalue weighted by Crippen LogP contribution is -2.52. The molecule has 0 aliphatic carbocycles. The lowest BCUT2D eigenvalue weighted by Gasteiger charge is -2.31. The second kappa shape index (κ2) is 6.98. The van der Waals surface area contributed by atoms with E-state index in [0.29, 0.717) is 5.56 Å². The van der Waals surface area contributed by atoms with Gasteiger partial charge in [-0.25, -0.2) is 0 Å². The normalized spacial score (nSPS) is 17.2. The SMILES string of the molecule is O=C(C=Cc1ccc(OC(F)(F)F)cc1)c1ccc2c(c1)OC(F)(F)C(F)(F)O2. The van der Waals surface area contributed by atoms with Crippen LogP contribution in [0.1, 0.15) is 15.9 Å². The zero-order valence-electron chi connectivity index (χ0n) is 14.0. The zero-order chi connectivity index (χ0) is 21.4. The molecule has 0 amide bonds. The lowest BCUT2D eigenvalue weighted by molar-refractivity contribution is -0.391. The molecular formula is C18H9F7O4. The van der Waals surface area contributed by atoms with E-state index >= 15 is 0 Å². The van der Waals surface area contributed by atoms with E-state index in [-0.39, 0.29) is 5.56 Å². The summed E-state index contributed by atoms with van der Waals surface area (Å²) in [5.41, 5.74) is 0.179. The van der Waals surface area contributed by atoms with Gasteiger partial charge in [-0.15, -0.1) is 13.2 Å². The number of alkyl halides is 7. The van der Waals surface area contributed by atoms with Crippen LogP contribution >= 0.6 is 0 Å². The Hall–Kier alpha value is -3.24. The Labute approximate surface area is 158 Å². The Morgan fingerprint density at radius 3 is 2.07 bits per heavy atom. The minimum atomic E-state index is -4.92. The van der Waals surface area contributed by atoms with Gasteiger partial charge < -0.3 is 14.2 Å². The molecule has 0 saturated carbocycles.